The summed E-state index contributed by atoms with van der Waals surface area (Å²) in [5.41, 5.74) is 0. The molecule has 1 aliphatic heterocycles. The van der Waals surface area contributed by atoms with Crippen molar-refractivity contribution in [1.29, 1.82) is 0 Å². The third-order valence-corrected chi connectivity index (χ3v) is 4.04. The van der Waals surface area contributed by atoms with Crippen LogP contribution in [0.4, 0.5) is 0 Å². The second kappa shape index (κ2) is 7.25. The molecule has 1 atom stereocenters. The van der Waals surface area contributed by atoms with E-state index in [-0.39, 0.29) is 0 Å². The summed E-state index contributed by atoms with van der Waals surface area (Å²) in [7, 11) is 4.33. The molecule has 1 fully saturated rings. The Hall–Kier alpha value is -0.120. The van der Waals surface area contributed by atoms with Crippen LogP contribution >= 0.6 is 0 Å². The Bertz CT molecular complexity index is 176. The van der Waals surface area contributed by atoms with Crippen molar-refractivity contribution in [2.75, 3.05) is 40.3 Å². The first-order valence-electron chi connectivity index (χ1n) is 6.77. The van der Waals surface area contributed by atoms with Crippen molar-refractivity contribution in [3.63, 3.8) is 0 Å². The van der Waals surface area contributed by atoms with Crippen molar-refractivity contribution in [2.45, 2.75) is 45.2 Å². The zero-order valence-electron chi connectivity index (χ0n) is 11.5. The van der Waals surface area contributed by atoms with Crippen molar-refractivity contribution in [3.05, 3.63) is 0 Å². The van der Waals surface area contributed by atoms with E-state index in [1.807, 2.05) is 7.05 Å². The van der Waals surface area contributed by atoms with Crippen LogP contribution in [0.2, 0.25) is 0 Å². The summed E-state index contributed by atoms with van der Waals surface area (Å²) in [5, 5.41) is 3.30. The van der Waals surface area contributed by atoms with Gasteiger partial charge in [-0.2, -0.15) is 0 Å². The van der Waals surface area contributed by atoms with Crippen LogP contribution in [0.5, 0.6) is 0 Å². The van der Waals surface area contributed by atoms with Crippen molar-refractivity contribution in [1.82, 2.24) is 15.1 Å². The Morgan fingerprint density at radius 2 is 2.00 bits per heavy atom. The summed E-state index contributed by atoms with van der Waals surface area (Å²) in [6, 6.07) is 1.45. The maximum absolute atomic E-state index is 3.30. The van der Waals surface area contributed by atoms with Crippen LogP contribution in [-0.4, -0.2) is 62.2 Å². The average molecular weight is 227 g/mol. The van der Waals surface area contributed by atoms with E-state index in [1.54, 1.807) is 0 Å². The first kappa shape index (κ1) is 13.9. The molecule has 0 aromatic heterocycles. The van der Waals surface area contributed by atoms with Gasteiger partial charge in [0.2, 0.25) is 0 Å². The van der Waals surface area contributed by atoms with Gasteiger partial charge in [-0.1, -0.05) is 6.92 Å². The molecule has 0 spiro atoms. The van der Waals surface area contributed by atoms with E-state index in [0.29, 0.717) is 6.04 Å². The van der Waals surface area contributed by atoms with Gasteiger partial charge in [-0.25, -0.2) is 0 Å². The van der Waals surface area contributed by atoms with Crippen LogP contribution in [0.15, 0.2) is 0 Å². The molecule has 16 heavy (non-hydrogen) atoms. The highest BCUT2D eigenvalue weighted by molar-refractivity contribution is 4.78. The summed E-state index contributed by atoms with van der Waals surface area (Å²) in [4.78, 5) is 5.11. The van der Waals surface area contributed by atoms with Gasteiger partial charge in [0.25, 0.3) is 0 Å². The van der Waals surface area contributed by atoms with Gasteiger partial charge in [0.15, 0.2) is 0 Å². The predicted molar refractivity (Wildman–Crippen MR) is 70.9 cm³/mol. The Morgan fingerprint density at radius 1 is 1.38 bits per heavy atom. The molecule has 1 saturated heterocycles. The van der Waals surface area contributed by atoms with Gasteiger partial charge >= 0.3 is 0 Å². The summed E-state index contributed by atoms with van der Waals surface area (Å²) in [6.45, 7) is 9.53. The van der Waals surface area contributed by atoms with Gasteiger partial charge in [0, 0.05) is 12.1 Å². The Morgan fingerprint density at radius 3 is 2.50 bits per heavy atom. The van der Waals surface area contributed by atoms with E-state index in [1.165, 1.54) is 45.4 Å². The highest BCUT2D eigenvalue weighted by atomic mass is 15.2. The molecule has 3 heteroatoms. The van der Waals surface area contributed by atoms with E-state index in [2.05, 4.69) is 36.0 Å². The van der Waals surface area contributed by atoms with Gasteiger partial charge in [0.1, 0.15) is 0 Å². The average Bonchev–Trinajstić information content (AvgIpc) is 2.35. The fourth-order valence-electron chi connectivity index (χ4n) is 2.40. The molecular formula is C13H29N3. The van der Waals surface area contributed by atoms with E-state index in [4.69, 9.17) is 0 Å². The third kappa shape index (κ3) is 4.40. The number of hydrogen-bond donors (Lipinski definition) is 1. The molecule has 0 aromatic rings. The number of rotatable bonds is 6. The van der Waals surface area contributed by atoms with Crippen LogP contribution < -0.4 is 5.32 Å². The maximum atomic E-state index is 3.30. The molecule has 0 amide bonds. The SMILES string of the molecule is CCN1CCC(N(C)CCC(C)NC)CC1. The highest BCUT2D eigenvalue weighted by Gasteiger charge is 2.21. The van der Waals surface area contributed by atoms with Crippen LogP contribution in [0.25, 0.3) is 0 Å². The molecule has 1 heterocycles. The van der Waals surface area contributed by atoms with Crippen LogP contribution in [0.3, 0.4) is 0 Å². The topological polar surface area (TPSA) is 18.5 Å². The zero-order valence-corrected chi connectivity index (χ0v) is 11.5. The standard InChI is InChI=1S/C13H29N3/c1-5-16-10-7-13(8-11-16)15(4)9-6-12(2)14-3/h12-14H,5-11H2,1-4H3. The molecule has 1 N–H and O–H groups in total. The first-order valence-corrected chi connectivity index (χ1v) is 6.77. The van der Waals surface area contributed by atoms with Crippen molar-refractivity contribution in [2.24, 2.45) is 0 Å². The lowest BCUT2D eigenvalue weighted by Gasteiger charge is -2.36. The molecule has 1 aliphatic rings. The summed E-state index contributed by atoms with van der Waals surface area (Å²) >= 11 is 0. The van der Waals surface area contributed by atoms with E-state index < -0.39 is 0 Å². The molecular weight excluding hydrogens is 198 g/mol. The fraction of sp³-hybridized carbons (Fsp3) is 1.00. The van der Waals surface area contributed by atoms with E-state index >= 15 is 0 Å². The number of nitrogens with one attached hydrogen (secondary N) is 1. The van der Waals surface area contributed by atoms with Crippen molar-refractivity contribution in [3.8, 4) is 0 Å². The second-order valence-corrected chi connectivity index (χ2v) is 5.12. The minimum absolute atomic E-state index is 0.637. The largest absolute Gasteiger partial charge is 0.317 e. The molecule has 0 aliphatic carbocycles. The predicted octanol–water partition coefficient (Wildman–Crippen LogP) is 1.40. The molecule has 3 nitrogen and oxygen atoms in total. The van der Waals surface area contributed by atoms with Gasteiger partial charge in [-0.05, 0) is 66.5 Å². The Labute approximate surface area is 101 Å². The molecule has 96 valence electrons. The van der Waals surface area contributed by atoms with Gasteiger partial charge in [-0.3, -0.25) is 0 Å². The zero-order chi connectivity index (χ0) is 12.0. The summed E-state index contributed by atoms with van der Waals surface area (Å²) in [5.74, 6) is 0. The van der Waals surface area contributed by atoms with Gasteiger partial charge < -0.3 is 15.1 Å². The number of piperidine rings is 1. The minimum Gasteiger partial charge on any atom is -0.317 e. The van der Waals surface area contributed by atoms with Crippen molar-refractivity contribution < 1.29 is 0 Å². The molecule has 0 aromatic carbocycles. The van der Waals surface area contributed by atoms with Crippen LogP contribution in [-0.2, 0) is 0 Å². The maximum Gasteiger partial charge on any atom is 0.0117 e. The number of hydrogen-bond acceptors (Lipinski definition) is 3. The minimum atomic E-state index is 0.637. The lowest BCUT2D eigenvalue weighted by molar-refractivity contribution is 0.129. The number of nitrogens with zero attached hydrogens (tertiary/aromatic N) is 2. The summed E-state index contributed by atoms with van der Waals surface area (Å²) in [6.07, 6.45) is 3.94. The summed E-state index contributed by atoms with van der Waals surface area (Å²) < 4.78 is 0. The second-order valence-electron chi connectivity index (χ2n) is 5.12. The molecule has 0 radical (unpaired) electrons. The normalized spacial score (nSPS) is 21.6. The van der Waals surface area contributed by atoms with E-state index in [9.17, 15) is 0 Å². The highest BCUT2D eigenvalue weighted by Crippen LogP contribution is 2.15. The monoisotopic (exact) mass is 227 g/mol. The molecule has 1 rings (SSSR count). The number of likely N-dealkylation sites (tertiary alicyclic amines) is 1. The quantitative estimate of drug-likeness (QED) is 0.740. The van der Waals surface area contributed by atoms with Crippen LogP contribution in [0.1, 0.15) is 33.1 Å². The fourth-order valence-corrected chi connectivity index (χ4v) is 2.40. The third-order valence-electron chi connectivity index (χ3n) is 4.04. The van der Waals surface area contributed by atoms with E-state index in [0.717, 1.165) is 6.04 Å². The molecule has 0 bridgehead atoms. The Kier molecular flexibility index (Phi) is 6.32. The van der Waals surface area contributed by atoms with Gasteiger partial charge in [-0.15, -0.1) is 0 Å². The van der Waals surface area contributed by atoms with Crippen molar-refractivity contribution >= 4 is 0 Å². The molecule has 0 saturated carbocycles. The first-order chi connectivity index (χ1) is 7.67. The molecule has 1 unspecified atom stereocenters. The lowest BCUT2D eigenvalue weighted by Crippen LogP contribution is -2.44. The smallest absolute Gasteiger partial charge is 0.0117 e. The lowest BCUT2D eigenvalue weighted by atomic mass is 10.0. The van der Waals surface area contributed by atoms with Gasteiger partial charge in [0.05, 0.1) is 0 Å². The Balaban J connectivity index is 2.20. The van der Waals surface area contributed by atoms with Crippen LogP contribution in [0, 0.1) is 0 Å².